The predicted molar refractivity (Wildman–Crippen MR) is 231 cm³/mol. The van der Waals surface area contributed by atoms with Gasteiger partial charge >= 0.3 is 49.2 Å². The Labute approximate surface area is 411 Å². The molecule has 0 aliphatic carbocycles. The molecule has 0 spiro atoms. The molecule has 10 rings (SSSR count). The number of hydrogen-bond donors (Lipinski definition) is 0. The Bertz CT molecular complexity index is 2390. The molecule has 2 aromatic carbocycles. The molecule has 0 saturated carbocycles. The van der Waals surface area contributed by atoms with Crippen molar-refractivity contribution in [1.82, 2.24) is 0 Å². The van der Waals surface area contributed by atoms with Crippen LogP contribution in [0.4, 0.5) is 61.1 Å². The van der Waals surface area contributed by atoms with Gasteiger partial charge in [-0.05, 0) is 30.3 Å². The normalized spacial score (nSPS) is 26.8. The van der Waals surface area contributed by atoms with Crippen molar-refractivity contribution < 1.29 is 119 Å². The molecule has 8 aliphatic heterocycles. The molecule has 0 N–H and O–H groups in total. The van der Waals surface area contributed by atoms with Crippen LogP contribution >= 0.6 is 0 Å². The van der Waals surface area contributed by atoms with E-state index in [1.54, 1.807) is 56.0 Å². The summed E-state index contributed by atoms with van der Waals surface area (Å²) < 4.78 is 91.3. The van der Waals surface area contributed by atoms with Gasteiger partial charge in [-0.2, -0.15) is 0 Å². The van der Waals surface area contributed by atoms with E-state index >= 15 is 0 Å². The van der Waals surface area contributed by atoms with Crippen LogP contribution in [-0.4, -0.2) is 197 Å². The highest BCUT2D eigenvalue weighted by molar-refractivity contribution is 5.76. The molecule has 29 heteroatoms. The van der Waals surface area contributed by atoms with Gasteiger partial charge in [0, 0.05) is 18.2 Å². The summed E-state index contributed by atoms with van der Waals surface area (Å²) in [6.45, 7) is -0.873. The molecule has 8 atom stereocenters. The highest BCUT2D eigenvalue weighted by Crippen LogP contribution is 2.42. The van der Waals surface area contributed by atoms with E-state index in [-0.39, 0.29) is 117 Å². The average molecular weight is 1030 g/mol. The first-order valence-electron chi connectivity index (χ1n) is 23.0. The summed E-state index contributed by atoms with van der Waals surface area (Å²) >= 11 is 0. The maximum Gasteiger partial charge on any atom is 0.510 e. The molecule has 392 valence electrons. The molecule has 8 saturated heterocycles. The van der Waals surface area contributed by atoms with Crippen LogP contribution in [0.25, 0.3) is 0 Å². The Morgan fingerprint density at radius 2 is 0.753 bits per heavy atom. The third-order valence-corrected chi connectivity index (χ3v) is 12.1. The second-order valence-electron chi connectivity index (χ2n) is 17.3. The first-order valence-corrected chi connectivity index (χ1v) is 23.0. The number of benzene rings is 2. The molecular weight excluding hydrogens is 984 g/mol. The second-order valence-corrected chi connectivity index (χ2v) is 17.3. The van der Waals surface area contributed by atoms with Gasteiger partial charge in [0.15, 0.2) is 54.7 Å². The standard InChI is InChI=1S/C44H46N4O25/c49-37-57-6-5-36(73-37)48(15-31-22-64-44(56)72-31)23-1-4-35(34(7-23)47(13-29-20-62-42(54)70-29)14-30-21-63-43(55)71-30)65-24-2-3-32(45(9-25-16-58-38(50)66-25)10-26-17-59-39(51)67-26)33(8-24)46(11-27-18-60-40(52)68-27)12-28-19-61-41(53)69-28/h1-4,7-8,25-31,36H,5-6,9-22H2. The molecule has 0 bridgehead atoms. The summed E-state index contributed by atoms with van der Waals surface area (Å²) in [6, 6.07) is 9.92. The number of hydrogen-bond acceptors (Lipinski definition) is 29. The van der Waals surface area contributed by atoms with Gasteiger partial charge in [-0.1, -0.05) is 0 Å². The number of nitrogens with zero attached hydrogens (tertiary/aromatic N) is 4. The van der Waals surface area contributed by atoms with Gasteiger partial charge in [0.25, 0.3) is 0 Å². The van der Waals surface area contributed by atoms with E-state index in [0.29, 0.717) is 22.7 Å². The highest BCUT2D eigenvalue weighted by Gasteiger charge is 2.39. The van der Waals surface area contributed by atoms with Gasteiger partial charge in [-0.15, -0.1) is 0 Å². The van der Waals surface area contributed by atoms with Crippen molar-refractivity contribution in [1.29, 1.82) is 0 Å². The zero-order chi connectivity index (χ0) is 50.6. The number of anilines is 4. The Morgan fingerprint density at radius 3 is 1.14 bits per heavy atom. The van der Waals surface area contributed by atoms with Crippen LogP contribution in [0.15, 0.2) is 36.4 Å². The first kappa shape index (κ1) is 48.2. The number of carbonyl (C=O) groups excluding carboxylic acids is 8. The Kier molecular flexibility index (Phi) is 14.0. The van der Waals surface area contributed by atoms with Crippen molar-refractivity contribution in [2.24, 2.45) is 0 Å². The Hall–Kier alpha value is -8.40. The van der Waals surface area contributed by atoms with Gasteiger partial charge in [0.05, 0.1) is 62.9 Å². The molecule has 8 fully saturated rings. The molecule has 8 aliphatic rings. The summed E-state index contributed by atoms with van der Waals surface area (Å²) in [5.74, 6) is 0.349. The van der Waals surface area contributed by atoms with Gasteiger partial charge in [0.2, 0.25) is 0 Å². The van der Waals surface area contributed by atoms with E-state index in [4.69, 9.17) is 80.5 Å². The average Bonchev–Trinajstić information content (AvgIpc) is 4.26. The summed E-state index contributed by atoms with van der Waals surface area (Å²) in [4.78, 5) is 105. The van der Waals surface area contributed by atoms with Crippen molar-refractivity contribution >= 4 is 72.0 Å². The lowest BCUT2D eigenvalue weighted by Gasteiger charge is -2.37. The summed E-state index contributed by atoms with van der Waals surface area (Å²) in [7, 11) is 0. The lowest BCUT2D eigenvalue weighted by molar-refractivity contribution is -0.0253. The monoisotopic (exact) mass is 1030 g/mol. The van der Waals surface area contributed by atoms with E-state index in [1.165, 1.54) is 0 Å². The highest BCUT2D eigenvalue weighted by atomic mass is 16.8. The maximum atomic E-state index is 12.5. The third-order valence-electron chi connectivity index (χ3n) is 12.1. The summed E-state index contributed by atoms with van der Waals surface area (Å²) in [6.07, 6.45) is -13.5. The van der Waals surface area contributed by atoms with Crippen LogP contribution in [0.5, 0.6) is 11.5 Å². The molecule has 0 aromatic heterocycles. The molecule has 8 unspecified atom stereocenters. The number of ether oxygens (including phenoxy) is 17. The predicted octanol–water partition coefficient (Wildman–Crippen LogP) is 3.34. The van der Waals surface area contributed by atoms with E-state index in [2.05, 4.69) is 0 Å². The zero-order valence-corrected chi connectivity index (χ0v) is 38.4. The molecular formula is C44H46N4O25. The van der Waals surface area contributed by atoms with Crippen LogP contribution in [-0.2, 0) is 75.8 Å². The quantitative estimate of drug-likeness (QED) is 0.128. The van der Waals surface area contributed by atoms with E-state index < -0.39 is 98.2 Å². The number of rotatable bonds is 21. The van der Waals surface area contributed by atoms with E-state index in [0.717, 1.165) is 0 Å². The van der Waals surface area contributed by atoms with E-state index in [1.807, 2.05) is 0 Å². The van der Waals surface area contributed by atoms with Crippen molar-refractivity contribution in [3.8, 4) is 11.5 Å². The van der Waals surface area contributed by atoms with Crippen LogP contribution in [0.3, 0.4) is 0 Å². The number of cyclic esters (lactones) is 16. The molecule has 0 radical (unpaired) electrons. The van der Waals surface area contributed by atoms with Crippen LogP contribution in [0.1, 0.15) is 6.42 Å². The molecule has 29 nitrogen and oxygen atoms in total. The van der Waals surface area contributed by atoms with Crippen molar-refractivity contribution in [2.45, 2.75) is 55.4 Å². The molecule has 73 heavy (non-hydrogen) atoms. The number of carbonyl (C=O) groups is 8. The van der Waals surface area contributed by atoms with Gasteiger partial charge < -0.3 is 100 Å². The fourth-order valence-electron chi connectivity index (χ4n) is 8.98. The van der Waals surface area contributed by atoms with Crippen LogP contribution in [0, 0.1) is 0 Å². The van der Waals surface area contributed by atoms with E-state index in [9.17, 15) is 38.4 Å². The fraction of sp³-hybridized carbons (Fsp3) is 0.545. The minimum Gasteiger partial charge on any atom is -0.455 e. The van der Waals surface area contributed by atoms with Gasteiger partial charge in [0.1, 0.15) is 58.6 Å². The van der Waals surface area contributed by atoms with Crippen molar-refractivity contribution in [2.75, 3.05) is 118 Å². The second kappa shape index (κ2) is 21.1. The fourth-order valence-corrected chi connectivity index (χ4v) is 8.98. The molecule has 0 amide bonds. The van der Waals surface area contributed by atoms with Crippen LogP contribution < -0.4 is 24.3 Å². The minimum atomic E-state index is -0.923. The Balaban J connectivity index is 1.07. The minimum absolute atomic E-state index is 0.0102. The summed E-state index contributed by atoms with van der Waals surface area (Å²) in [5, 5.41) is 0. The smallest absolute Gasteiger partial charge is 0.455 e. The lowest BCUT2D eigenvalue weighted by atomic mass is 10.1. The molecule has 8 heterocycles. The molecule has 2 aromatic rings. The zero-order valence-electron chi connectivity index (χ0n) is 38.4. The van der Waals surface area contributed by atoms with Gasteiger partial charge in [-0.3, -0.25) is 0 Å². The largest absolute Gasteiger partial charge is 0.510 e. The van der Waals surface area contributed by atoms with Crippen molar-refractivity contribution in [3.63, 3.8) is 0 Å². The topological polar surface area (TPSA) is 306 Å². The summed E-state index contributed by atoms with van der Waals surface area (Å²) in [5.41, 5.74) is 1.55. The van der Waals surface area contributed by atoms with Gasteiger partial charge in [-0.25, -0.2) is 38.4 Å². The maximum absolute atomic E-state index is 12.5. The lowest BCUT2D eigenvalue weighted by Crippen LogP contribution is -2.47. The SMILES string of the molecule is O=C1OCC(CN(CC2COC(=O)O2)c2cc(N(CC3COC(=O)O3)C3CCOC(=O)O3)ccc2Oc2ccc(N(CC3COC(=O)O3)CC3COC(=O)O3)c(N(CC3COC(=O)O3)CC3COC(=O)O3)c2)O1. The van der Waals surface area contributed by atoms with Crippen LogP contribution in [0.2, 0.25) is 0 Å². The first-order chi connectivity index (χ1) is 35.3. The Morgan fingerprint density at radius 1 is 0.384 bits per heavy atom. The third kappa shape index (κ3) is 11.9. The van der Waals surface area contributed by atoms with Crippen molar-refractivity contribution in [3.05, 3.63) is 36.4 Å².